The average Bonchev–Trinajstić information content (AvgIpc) is 2.77. The van der Waals surface area contributed by atoms with Gasteiger partial charge in [-0.1, -0.05) is 12.1 Å². The third-order valence-electron chi connectivity index (χ3n) is 2.05. The molecule has 0 fully saturated rings. The Bertz CT molecular complexity index is 390. The zero-order valence-corrected chi connectivity index (χ0v) is 10.7. The van der Waals surface area contributed by atoms with E-state index in [1.54, 1.807) is 0 Å². The van der Waals surface area contributed by atoms with Gasteiger partial charge in [-0.25, -0.2) is 13.1 Å². The molecule has 98 valence electrons. The molecule has 0 atom stereocenters. The van der Waals surface area contributed by atoms with Gasteiger partial charge in [-0.2, -0.15) is 4.98 Å². The molecule has 0 bridgehead atoms. The standard InChI is InChI=1S/C9H18N4O3S/c1-2-4-10-6-7-17(14,15)12-5-3-9-11-8-16-13-9/h8,10,12H,2-7H2,1H3. The molecular weight excluding hydrogens is 244 g/mol. The summed E-state index contributed by atoms with van der Waals surface area (Å²) in [5.74, 6) is 0.580. The Balaban J connectivity index is 2.16. The van der Waals surface area contributed by atoms with Gasteiger partial charge in [0.25, 0.3) is 0 Å². The molecule has 0 aliphatic heterocycles. The predicted octanol–water partition coefficient (Wildman–Crippen LogP) is -0.469. The van der Waals surface area contributed by atoms with Gasteiger partial charge in [0.2, 0.25) is 16.4 Å². The first-order valence-electron chi connectivity index (χ1n) is 5.57. The van der Waals surface area contributed by atoms with Crippen molar-refractivity contribution in [2.24, 2.45) is 0 Å². The normalized spacial score (nSPS) is 11.8. The molecule has 1 rings (SSSR count). The number of hydrogen-bond acceptors (Lipinski definition) is 6. The van der Waals surface area contributed by atoms with E-state index in [2.05, 4.69) is 24.7 Å². The van der Waals surface area contributed by atoms with Crippen LogP contribution >= 0.6 is 0 Å². The van der Waals surface area contributed by atoms with Crippen LogP contribution in [0.15, 0.2) is 10.9 Å². The van der Waals surface area contributed by atoms with Crippen molar-refractivity contribution in [2.45, 2.75) is 19.8 Å². The molecule has 0 amide bonds. The highest BCUT2D eigenvalue weighted by molar-refractivity contribution is 7.89. The van der Waals surface area contributed by atoms with Crippen LogP contribution in [0.2, 0.25) is 0 Å². The third kappa shape index (κ3) is 6.35. The van der Waals surface area contributed by atoms with E-state index in [9.17, 15) is 8.42 Å². The smallest absolute Gasteiger partial charge is 0.213 e. The minimum absolute atomic E-state index is 0.0826. The van der Waals surface area contributed by atoms with Gasteiger partial charge in [-0.15, -0.1) is 0 Å². The summed E-state index contributed by atoms with van der Waals surface area (Å²) in [6, 6.07) is 0. The highest BCUT2D eigenvalue weighted by Crippen LogP contribution is 1.90. The van der Waals surface area contributed by atoms with Crippen molar-refractivity contribution in [3.63, 3.8) is 0 Å². The van der Waals surface area contributed by atoms with Crippen molar-refractivity contribution in [1.82, 2.24) is 20.2 Å². The Morgan fingerprint density at radius 1 is 1.35 bits per heavy atom. The fourth-order valence-corrected chi connectivity index (χ4v) is 2.17. The number of sulfonamides is 1. The fourth-order valence-electron chi connectivity index (χ4n) is 1.20. The molecule has 1 heterocycles. The summed E-state index contributed by atoms with van der Waals surface area (Å²) in [5.41, 5.74) is 0. The molecule has 0 aliphatic rings. The van der Waals surface area contributed by atoms with Crippen LogP contribution in [0.3, 0.4) is 0 Å². The van der Waals surface area contributed by atoms with Gasteiger partial charge in [-0.3, -0.25) is 0 Å². The van der Waals surface area contributed by atoms with Gasteiger partial charge in [0, 0.05) is 19.5 Å². The lowest BCUT2D eigenvalue weighted by Gasteiger charge is -2.06. The summed E-state index contributed by atoms with van der Waals surface area (Å²) in [6.45, 7) is 3.62. The molecule has 0 unspecified atom stereocenters. The second kappa shape index (κ2) is 7.36. The number of rotatable bonds is 9. The summed E-state index contributed by atoms with van der Waals surface area (Å²) in [6.07, 6.45) is 2.64. The minimum Gasteiger partial charge on any atom is -0.343 e. The van der Waals surface area contributed by atoms with Crippen LogP contribution in [-0.2, 0) is 16.4 Å². The zero-order valence-electron chi connectivity index (χ0n) is 9.85. The summed E-state index contributed by atoms with van der Waals surface area (Å²) in [5, 5.41) is 6.63. The van der Waals surface area contributed by atoms with Gasteiger partial charge in [0.05, 0.1) is 5.75 Å². The molecule has 2 N–H and O–H groups in total. The molecular formula is C9H18N4O3S. The summed E-state index contributed by atoms with van der Waals surface area (Å²) < 4.78 is 30.0. The molecule has 0 saturated heterocycles. The van der Waals surface area contributed by atoms with E-state index in [4.69, 9.17) is 0 Å². The Kier molecular flexibility index (Phi) is 6.09. The Labute approximate surface area is 101 Å². The molecule has 0 aromatic carbocycles. The molecule has 0 saturated carbocycles. The van der Waals surface area contributed by atoms with Crippen molar-refractivity contribution < 1.29 is 12.9 Å². The van der Waals surface area contributed by atoms with E-state index in [1.807, 2.05) is 6.92 Å². The van der Waals surface area contributed by atoms with E-state index in [0.29, 0.717) is 18.8 Å². The number of hydrogen-bond donors (Lipinski definition) is 2. The van der Waals surface area contributed by atoms with E-state index < -0.39 is 10.0 Å². The molecule has 17 heavy (non-hydrogen) atoms. The van der Waals surface area contributed by atoms with Crippen LogP contribution in [0.1, 0.15) is 19.2 Å². The molecule has 1 aromatic heterocycles. The third-order valence-corrected chi connectivity index (χ3v) is 3.44. The van der Waals surface area contributed by atoms with Crippen LogP contribution in [-0.4, -0.2) is 43.9 Å². The largest absolute Gasteiger partial charge is 0.343 e. The van der Waals surface area contributed by atoms with E-state index in [0.717, 1.165) is 13.0 Å². The summed E-state index contributed by atoms with van der Waals surface area (Å²) >= 11 is 0. The summed E-state index contributed by atoms with van der Waals surface area (Å²) in [4.78, 5) is 3.80. The zero-order chi connectivity index (χ0) is 12.6. The number of aromatic nitrogens is 2. The highest BCUT2D eigenvalue weighted by Gasteiger charge is 2.09. The van der Waals surface area contributed by atoms with E-state index in [-0.39, 0.29) is 12.3 Å². The van der Waals surface area contributed by atoms with Crippen molar-refractivity contribution in [2.75, 3.05) is 25.4 Å². The second-order valence-electron chi connectivity index (χ2n) is 3.56. The van der Waals surface area contributed by atoms with Gasteiger partial charge < -0.3 is 9.84 Å². The first-order chi connectivity index (χ1) is 8.14. The predicted molar refractivity (Wildman–Crippen MR) is 63.0 cm³/mol. The Morgan fingerprint density at radius 2 is 2.18 bits per heavy atom. The second-order valence-corrected chi connectivity index (χ2v) is 5.49. The number of nitrogens with one attached hydrogen (secondary N) is 2. The van der Waals surface area contributed by atoms with Crippen molar-refractivity contribution in [3.05, 3.63) is 12.2 Å². The van der Waals surface area contributed by atoms with E-state index >= 15 is 0 Å². The van der Waals surface area contributed by atoms with Crippen molar-refractivity contribution in [3.8, 4) is 0 Å². The maximum absolute atomic E-state index is 11.5. The van der Waals surface area contributed by atoms with Gasteiger partial charge in [-0.05, 0) is 13.0 Å². The summed E-state index contributed by atoms with van der Waals surface area (Å²) in [7, 11) is -3.21. The average molecular weight is 262 g/mol. The molecule has 0 aliphatic carbocycles. The van der Waals surface area contributed by atoms with Crippen LogP contribution in [0, 0.1) is 0 Å². The maximum Gasteiger partial charge on any atom is 0.213 e. The van der Waals surface area contributed by atoms with Gasteiger partial charge in [0.1, 0.15) is 0 Å². The van der Waals surface area contributed by atoms with Crippen LogP contribution in [0.25, 0.3) is 0 Å². The van der Waals surface area contributed by atoms with Crippen LogP contribution in [0.4, 0.5) is 0 Å². The lowest BCUT2D eigenvalue weighted by molar-refractivity contribution is 0.410. The molecule has 8 heteroatoms. The SMILES string of the molecule is CCCNCCS(=O)(=O)NCCc1ncon1. The maximum atomic E-state index is 11.5. The van der Waals surface area contributed by atoms with Crippen LogP contribution < -0.4 is 10.0 Å². The molecule has 1 aromatic rings. The Hall–Kier alpha value is -0.990. The van der Waals surface area contributed by atoms with Crippen LogP contribution in [0.5, 0.6) is 0 Å². The van der Waals surface area contributed by atoms with Crippen molar-refractivity contribution in [1.29, 1.82) is 0 Å². The lowest BCUT2D eigenvalue weighted by atomic mass is 10.4. The molecule has 0 radical (unpaired) electrons. The van der Waals surface area contributed by atoms with Gasteiger partial charge in [0.15, 0.2) is 5.82 Å². The van der Waals surface area contributed by atoms with Crippen molar-refractivity contribution >= 4 is 10.0 Å². The monoisotopic (exact) mass is 262 g/mol. The topological polar surface area (TPSA) is 97.1 Å². The quantitative estimate of drug-likeness (QED) is 0.584. The minimum atomic E-state index is -3.21. The highest BCUT2D eigenvalue weighted by atomic mass is 32.2. The lowest BCUT2D eigenvalue weighted by Crippen LogP contribution is -2.33. The first kappa shape index (κ1) is 14.1. The van der Waals surface area contributed by atoms with E-state index in [1.165, 1.54) is 6.39 Å². The number of nitrogens with zero attached hydrogens (tertiary/aromatic N) is 2. The Morgan fingerprint density at radius 3 is 2.82 bits per heavy atom. The molecule has 0 spiro atoms. The van der Waals surface area contributed by atoms with Gasteiger partial charge >= 0.3 is 0 Å². The first-order valence-corrected chi connectivity index (χ1v) is 7.22. The fraction of sp³-hybridized carbons (Fsp3) is 0.778. The molecule has 7 nitrogen and oxygen atoms in total.